The number of carbonyl (C=O) groups is 1. The number of aromatic nitrogens is 5. The third kappa shape index (κ3) is 7.81. The lowest BCUT2D eigenvalue weighted by Gasteiger charge is -2.27. The number of unbranched alkanes of at least 4 members (excludes halogenated alkanes) is 1. The Morgan fingerprint density at radius 3 is 2.83 bits per heavy atom. The molecule has 1 saturated carbocycles. The number of aryl methyl sites for hydroxylation is 1. The average Bonchev–Trinajstić information content (AvgIpc) is 3.75. The number of fused-ring (bicyclic) bond motifs is 1. The zero-order valence-electron chi connectivity index (χ0n) is 27.8. The number of nitrogens with zero attached hydrogens (tertiary/aromatic N) is 6. The normalized spacial score (nSPS) is 18.5. The highest BCUT2D eigenvalue weighted by atomic mass is 28.3. The van der Waals surface area contributed by atoms with E-state index in [1.807, 2.05) is 43.2 Å². The van der Waals surface area contributed by atoms with E-state index < -0.39 is 25.3 Å². The Bertz CT molecular complexity index is 1740. The Hall–Kier alpha value is -4.10. The van der Waals surface area contributed by atoms with Gasteiger partial charge in [0.05, 0.1) is 35.5 Å². The van der Waals surface area contributed by atoms with Crippen LogP contribution in [0.1, 0.15) is 74.7 Å². The average molecular weight is 640 g/mol. The second kappa shape index (κ2) is 14.1. The number of allylic oxidation sites excluding steroid dienone is 1. The lowest BCUT2D eigenvalue weighted by atomic mass is 9.90. The largest absolute Gasteiger partial charge is 0.350 e. The summed E-state index contributed by atoms with van der Waals surface area (Å²) in [5.41, 5.74) is 3.15. The fraction of sp³-hybridized carbons (Fsp3) is 0.472. The predicted octanol–water partition coefficient (Wildman–Crippen LogP) is 8.20. The minimum absolute atomic E-state index is 0.0564. The first-order valence-corrected chi connectivity index (χ1v) is 20.2. The Balaban J connectivity index is 1.26. The summed E-state index contributed by atoms with van der Waals surface area (Å²) >= 11 is 0. The van der Waals surface area contributed by atoms with Gasteiger partial charge < -0.3 is 9.88 Å². The molecular formula is C36H46FN7OSi. The van der Waals surface area contributed by atoms with Gasteiger partial charge >= 0.3 is 0 Å². The highest BCUT2D eigenvalue weighted by Crippen LogP contribution is 2.45. The van der Waals surface area contributed by atoms with Crippen molar-refractivity contribution in [2.24, 2.45) is 5.92 Å². The summed E-state index contributed by atoms with van der Waals surface area (Å²) in [5.74, 6) is -0.507. The first kappa shape index (κ1) is 33.3. The summed E-state index contributed by atoms with van der Waals surface area (Å²) in [6.45, 7) is 10.9. The molecule has 0 spiro atoms. The van der Waals surface area contributed by atoms with Crippen molar-refractivity contribution >= 4 is 31.2 Å². The summed E-state index contributed by atoms with van der Waals surface area (Å²) in [7, 11) is -1.02. The fourth-order valence-corrected chi connectivity index (χ4v) is 7.90. The molecule has 1 aromatic carbocycles. The Labute approximate surface area is 272 Å². The molecule has 5 rings (SSSR count). The number of halogens is 1. The highest BCUT2D eigenvalue weighted by molar-refractivity contribution is 6.76. The van der Waals surface area contributed by atoms with E-state index >= 15 is 0 Å². The molecule has 0 aliphatic heterocycles. The number of benzene rings is 1. The zero-order valence-corrected chi connectivity index (χ0v) is 28.8. The quantitative estimate of drug-likeness (QED) is 0.117. The molecule has 4 aromatic rings. The highest BCUT2D eigenvalue weighted by Gasteiger charge is 2.41. The molecule has 1 aliphatic rings. The number of hydrogen-bond donors (Lipinski definition) is 1. The maximum Gasteiger partial charge on any atom is 0.254 e. The molecular weight excluding hydrogens is 594 g/mol. The number of nitriles is 1. The summed E-state index contributed by atoms with van der Waals surface area (Å²) in [6.07, 6.45) is 18.7. The molecule has 0 saturated heterocycles. The van der Waals surface area contributed by atoms with Crippen molar-refractivity contribution in [3.8, 4) is 17.3 Å². The molecule has 3 aromatic heterocycles. The van der Waals surface area contributed by atoms with E-state index in [1.165, 1.54) is 18.5 Å². The van der Waals surface area contributed by atoms with Crippen molar-refractivity contribution in [3.05, 3.63) is 72.2 Å². The van der Waals surface area contributed by atoms with Gasteiger partial charge in [0.2, 0.25) is 0 Å². The van der Waals surface area contributed by atoms with Gasteiger partial charge in [-0.1, -0.05) is 44.2 Å². The lowest BCUT2D eigenvalue weighted by molar-refractivity contribution is 0.0939. The van der Waals surface area contributed by atoms with Gasteiger partial charge in [0.25, 0.3) is 5.91 Å². The van der Waals surface area contributed by atoms with Gasteiger partial charge in [0.1, 0.15) is 17.8 Å². The molecule has 1 fully saturated rings. The minimum atomic E-state index is -1.02. The standard InChI is InChI=1S/C36H46FN7OSi/c1-26(2)42-35(45)30-12-11-27(21-32(30)37)9-10-28-13-15-36(22-28,16-17-38)44-24-29(23-41-44)33-31-14-19-43(34(31)40-25-39-33)18-7-6-8-20-46(3,4)5/h7,11-12,14,18-19,21,23-26,28H,6,8-10,13,15-16,20,22H2,1-5H3,(H,42,45)/b18-7-. The molecule has 0 bridgehead atoms. The van der Waals surface area contributed by atoms with Gasteiger partial charge in [-0.05, 0) is 82.1 Å². The van der Waals surface area contributed by atoms with Crippen LogP contribution in [0.15, 0.2) is 55.3 Å². The van der Waals surface area contributed by atoms with Gasteiger partial charge in [-0.15, -0.1) is 0 Å². The monoisotopic (exact) mass is 639 g/mol. The zero-order chi connectivity index (χ0) is 32.9. The van der Waals surface area contributed by atoms with Crippen molar-refractivity contribution in [1.29, 1.82) is 5.26 Å². The number of carbonyl (C=O) groups excluding carboxylic acids is 1. The van der Waals surface area contributed by atoms with Crippen molar-refractivity contribution < 1.29 is 9.18 Å². The summed E-state index contributed by atoms with van der Waals surface area (Å²) in [6, 6.07) is 10.6. The van der Waals surface area contributed by atoms with Crippen LogP contribution in [0.5, 0.6) is 0 Å². The molecule has 242 valence electrons. The maximum absolute atomic E-state index is 14.7. The van der Waals surface area contributed by atoms with Crippen LogP contribution in [0.25, 0.3) is 28.5 Å². The fourth-order valence-electron chi connectivity index (χ4n) is 6.63. The molecule has 0 radical (unpaired) electrons. The smallest absolute Gasteiger partial charge is 0.254 e. The van der Waals surface area contributed by atoms with Crippen LogP contribution in [0.2, 0.25) is 25.7 Å². The van der Waals surface area contributed by atoms with E-state index in [9.17, 15) is 14.4 Å². The SMILES string of the molecule is CC(C)NC(=O)c1ccc(CCC2CCC(CC#N)(n3cc(-c4ncnc5c4ccn5/C=C\CCC[Si](C)(C)C)cn3)C2)cc1F. The summed E-state index contributed by atoms with van der Waals surface area (Å²) < 4.78 is 18.8. The molecule has 8 nitrogen and oxygen atoms in total. The van der Waals surface area contributed by atoms with Crippen molar-refractivity contribution in [1.82, 2.24) is 29.6 Å². The van der Waals surface area contributed by atoms with Crippen LogP contribution in [0, 0.1) is 23.1 Å². The molecule has 2 atom stereocenters. The summed E-state index contributed by atoms with van der Waals surface area (Å²) in [4.78, 5) is 21.5. The van der Waals surface area contributed by atoms with Crippen LogP contribution in [-0.4, -0.2) is 44.3 Å². The van der Waals surface area contributed by atoms with Crippen molar-refractivity contribution in [3.63, 3.8) is 0 Å². The van der Waals surface area contributed by atoms with E-state index in [1.54, 1.807) is 12.4 Å². The second-order valence-electron chi connectivity index (χ2n) is 14.3. The van der Waals surface area contributed by atoms with Gasteiger partial charge in [0, 0.05) is 43.7 Å². The molecule has 46 heavy (non-hydrogen) atoms. The molecule has 1 aliphatic carbocycles. The van der Waals surface area contributed by atoms with Crippen LogP contribution in [0.3, 0.4) is 0 Å². The van der Waals surface area contributed by atoms with E-state index in [4.69, 9.17) is 5.10 Å². The first-order valence-electron chi connectivity index (χ1n) is 16.5. The van der Waals surface area contributed by atoms with Crippen LogP contribution < -0.4 is 5.32 Å². The second-order valence-corrected chi connectivity index (χ2v) is 20.0. The maximum atomic E-state index is 14.7. The van der Waals surface area contributed by atoms with Gasteiger partial charge in [0.15, 0.2) is 0 Å². The van der Waals surface area contributed by atoms with Crippen LogP contribution in [0.4, 0.5) is 4.39 Å². The number of amides is 1. The molecule has 2 unspecified atom stereocenters. The van der Waals surface area contributed by atoms with E-state index in [-0.39, 0.29) is 11.6 Å². The van der Waals surface area contributed by atoms with E-state index in [0.29, 0.717) is 18.8 Å². The first-order chi connectivity index (χ1) is 22.0. The molecule has 10 heteroatoms. The third-order valence-electron chi connectivity index (χ3n) is 9.05. The van der Waals surface area contributed by atoms with Gasteiger partial charge in [-0.3, -0.25) is 9.48 Å². The third-order valence-corrected chi connectivity index (χ3v) is 10.9. The molecule has 1 N–H and O–H groups in total. The van der Waals surface area contributed by atoms with E-state index in [0.717, 1.165) is 60.0 Å². The van der Waals surface area contributed by atoms with Crippen molar-refractivity contribution in [2.75, 3.05) is 0 Å². The predicted molar refractivity (Wildman–Crippen MR) is 184 cm³/mol. The van der Waals surface area contributed by atoms with Crippen molar-refractivity contribution in [2.45, 2.75) is 102 Å². The number of hydrogen-bond acceptors (Lipinski definition) is 5. The Morgan fingerprint density at radius 1 is 1.26 bits per heavy atom. The topological polar surface area (TPSA) is 101 Å². The minimum Gasteiger partial charge on any atom is -0.350 e. The molecule has 3 heterocycles. The van der Waals surface area contributed by atoms with Gasteiger partial charge in [-0.2, -0.15) is 10.4 Å². The summed E-state index contributed by atoms with van der Waals surface area (Å²) in [5, 5.41) is 18.3. The lowest BCUT2D eigenvalue weighted by Crippen LogP contribution is -2.31. The van der Waals surface area contributed by atoms with E-state index in [2.05, 4.69) is 63.9 Å². The number of nitrogens with one attached hydrogen (secondary N) is 1. The molecule has 1 amide bonds. The van der Waals surface area contributed by atoms with Crippen LogP contribution in [-0.2, 0) is 12.0 Å². The Morgan fingerprint density at radius 2 is 2.09 bits per heavy atom. The number of rotatable bonds is 13. The van der Waals surface area contributed by atoms with Gasteiger partial charge in [-0.25, -0.2) is 14.4 Å². The Kier molecular flexibility index (Phi) is 10.2. The van der Waals surface area contributed by atoms with Crippen LogP contribution >= 0.6 is 0 Å².